The molecular formula is C15H22N2OS. The summed E-state index contributed by atoms with van der Waals surface area (Å²) in [7, 11) is 2.02. The number of nitriles is 1. The number of anilines is 1. The summed E-state index contributed by atoms with van der Waals surface area (Å²) in [5, 5.41) is 18.1. The molecule has 0 fully saturated rings. The van der Waals surface area contributed by atoms with Crippen LogP contribution in [0.3, 0.4) is 0 Å². The van der Waals surface area contributed by atoms with Crippen LogP contribution in [0.4, 0.5) is 5.69 Å². The van der Waals surface area contributed by atoms with Crippen LogP contribution in [-0.2, 0) is 0 Å². The molecular weight excluding hydrogens is 256 g/mol. The van der Waals surface area contributed by atoms with Crippen LogP contribution in [-0.4, -0.2) is 31.1 Å². The second-order valence-corrected chi connectivity index (χ2v) is 5.71. The maximum atomic E-state index is 9.36. The van der Waals surface area contributed by atoms with Crippen LogP contribution >= 0.6 is 11.8 Å². The molecule has 0 bridgehead atoms. The quantitative estimate of drug-likeness (QED) is 0.585. The highest BCUT2D eigenvalue weighted by molar-refractivity contribution is 7.99. The van der Waals surface area contributed by atoms with Crippen molar-refractivity contribution in [1.29, 1.82) is 5.26 Å². The molecule has 0 aliphatic heterocycles. The monoisotopic (exact) mass is 278 g/mol. The van der Waals surface area contributed by atoms with E-state index in [1.807, 2.05) is 25.2 Å². The Hall–Kier alpha value is -1.18. The maximum absolute atomic E-state index is 9.36. The molecule has 0 aliphatic carbocycles. The molecule has 0 heterocycles. The fourth-order valence-electron chi connectivity index (χ4n) is 1.98. The van der Waals surface area contributed by atoms with Crippen LogP contribution in [0, 0.1) is 11.3 Å². The fourth-order valence-corrected chi connectivity index (χ4v) is 2.76. The molecule has 0 radical (unpaired) electrons. The number of unbranched alkanes of at least 4 members (excludes halogenated alkanes) is 2. The Morgan fingerprint density at radius 2 is 2.11 bits per heavy atom. The SMILES string of the molecule is CCSc1cccc(N(C)CCCCCO)c1C#N. The molecule has 0 amide bonds. The summed E-state index contributed by atoms with van der Waals surface area (Å²) in [5.41, 5.74) is 1.78. The van der Waals surface area contributed by atoms with Gasteiger partial charge in [-0.05, 0) is 37.1 Å². The summed E-state index contributed by atoms with van der Waals surface area (Å²) in [6.07, 6.45) is 2.91. The van der Waals surface area contributed by atoms with Gasteiger partial charge in [0.15, 0.2) is 0 Å². The van der Waals surface area contributed by atoms with Crippen molar-refractivity contribution in [1.82, 2.24) is 0 Å². The van der Waals surface area contributed by atoms with Gasteiger partial charge in [-0.1, -0.05) is 13.0 Å². The predicted octanol–water partition coefficient (Wildman–Crippen LogP) is 3.27. The van der Waals surface area contributed by atoms with Crippen molar-refractivity contribution >= 4 is 17.4 Å². The van der Waals surface area contributed by atoms with Crippen LogP contribution < -0.4 is 4.90 Å². The van der Waals surface area contributed by atoms with E-state index < -0.39 is 0 Å². The molecule has 3 nitrogen and oxygen atoms in total. The van der Waals surface area contributed by atoms with E-state index in [1.165, 1.54) is 0 Å². The minimum atomic E-state index is 0.260. The van der Waals surface area contributed by atoms with Gasteiger partial charge in [0.1, 0.15) is 6.07 Å². The Kier molecular flexibility index (Phi) is 7.39. The minimum absolute atomic E-state index is 0.260. The van der Waals surface area contributed by atoms with E-state index in [1.54, 1.807) is 11.8 Å². The summed E-state index contributed by atoms with van der Waals surface area (Å²) in [4.78, 5) is 3.19. The number of thioether (sulfide) groups is 1. The van der Waals surface area contributed by atoms with Crippen molar-refractivity contribution < 1.29 is 5.11 Å². The van der Waals surface area contributed by atoms with Crippen molar-refractivity contribution in [3.8, 4) is 6.07 Å². The number of hydrogen-bond donors (Lipinski definition) is 1. The average Bonchev–Trinajstić information content (AvgIpc) is 2.43. The number of hydrogen-bond acceptors (Lipinski definition) is 4. The highest BCUT2D eigenvalue weighted by Gasteiger charge is 2.11. The van der Waals surface area contributed by atoms with Gasteiger partial charge in [0.05, 0.1) is 11.3 Å². The summed E-state index contributed by atoms with van der Waals surface area (Å²) < 4.78 is 0. The van der Waals surface area contributed by atoms with Crippen molar-refractivity contribution in [2.75, 3.05) is 30.9 Å². The molecule has 104 valence electrons. The van der Waals surface area contributed by atoms with E-state index in [4.69, 9.17) is 5.11 Å². The highest BCUT2D eigenvalue weighted by Crippen LogP contribution is 2.29. The van der Waals surface area contributed by atoms with Gasteiger partial charge in [-0.15, -0.1) is 11.8 Å². The topological polar surface area (TPSA) is 47.3 Å². The van der Waals surface area contributed by atoms with Gasteiger partial charge in [0.25, 0.3) is 0 Å². The Morgan fingerprint density at radius 1 is 1.32 bits per heavy atom. The molecule has 0 saturated carbocycles. The van der Waals surface area contributed by atoms with Gasteiger partial charge in [-0.2, -0.15) is 5.26 Å². The minimum Gasteiger partial charge on any atom is -0.396 e. The third-order valence-corrected chi connectivity index (χ3v) is 3.92. The number of aliphatic hydroxyl groups is 1. The molecule has 1 N–H and O–H groups in total. The fraction of sp³-hybridized carbons (Fsp3) is 0.533. The molecule has 1 aromatic rings. The van der Waals surface area contributed by atoms with E-state index in [0.29, 0.717) is 0 Å². The maximum Gasteiger partial charge on any atom is 0.103 e. The zero-order valence-electron chi connectivity index (χ0n) is 11.7. The molecule has 0 aliphatic rings. The summed E-state index contributed by atoms with van der Waals surface area (Å²) in [6, 6.07) is 8.36. The van der Waals surface area contributed by atoms with Gasteiger partial charge in [0.2, 0.25) is 0 Å². The smallest absolute Gasteiger partial charge is 0.103 e. The number of benzene rings is 1. The summed E-state index contributed by atoms with van der Waals surface area (Å²) in [6.45, 7) is 3.27. The van der Waals surface area contributed by atoms with Crippen molar-refractivity contribution in [2.45, 2.75) is 31.1 Å². The van der Waals surface area contributed by atoms with Gasteiger partial charge >= 0.3 is 0 Å². The van der Waals surface area contributed by atoms with Crippen LogP contribution in [0.1, 0.15) is 31.7 Å². The van der Waals surface area contributed by atoms with E-state index in [2.05, 4.69) is 17.9 Å². The van der Waals surface area contributed by atoms with Crippen LogP contribution in [0.2, 0.25) is 0 Å². The Labute approximate surface area is 120 Å². The molecule has 0 aromatic heterocycles. The summed E-state index contributed by atoms with van der Waals surface area (Å²) >= 11 is 1.71. The lowest BCUT2D eigenvalue weighted by atomic mass is 10.1. The second-order valence-electron chi connectivity index (χ2n) is 4.40. The molecule has 0 spiro atoms. The summed E-state index contributed by atoms with van der Waals surface area (Å²) in [5.74, 6) is 0.971. The Bertz CT molecular complexity index is 429. The Balaban J connectivity index is 2.76. The molecule has 1 rings (SSSR count). The first kappa shape index (κ1) is 15.9. The molecule has 0 atom stereocenters. The van der Waals surface area contributed by atoms with Gasteiger partial charge in [-0.3, -0.25) is 0 Å². The van der Waals surface area contributed by atoms with Gasteiger partial charge in [0, 0.05) is 25.1 Å². The molecule has 0 unspecified atom stereocenters. The van der Waals surface area contributed by atoms with E-state index in [0.717, 1.165) is 47.7 Å². The standard InChI is InChI=1S/C15H22N2OS/c1-3-19-15-9-7-8-14(13(15)12-16)17(2)10-5-4-6-11-18/h7-9,18H,3-6,10-11H2,1-2H3. The van der Waals surface area contributed by atoms with E-state index >= 15 is 0 Å². The first-order chi connectivity index (χ1) is 9.24. The zero-order valence-corrected chi connectivity index (χ0v) is 12.5. The largest absolute Gasteiger partial charge is 0.396 e. The van der Waals surface area contributed by atoms with E-state index in [9.17, 15) is 5.26 Å². The second kappa shape index (κ2) is 8.84. The van der Waals surface area contributed by atoms with Gasteiger partial charge < -0.3 is 10.0 Å². The number of aliphatic hydroxyl groups excluding tert-OH is 1. The average molecular weight is 278 g/mol. The first-order valence-corrected chi connectivity index (χ1v) is 7.71. The van der Waals surface area contributed by atoms with Gasteiger partial charge in [-0.25, -0.2) is 0 Å². The molecule has 0 saturated heterocycles. The normalized spacial score (nSPS) is 10.2. The molecule has 4 heteroatoms. The lowest BCUT2D eigenvalue weighted by Gasteiger charge is -2.21. The lowest BCUT2D eigenvalue weighted by molar-refractivity contribution is 0.283. The van der Waals surface area contributed by atoms with Crippen LogP contribution in [0.5, 0.6) is 0 Å². The third kappa shape index (κ3) is 4.77. The van der Waals surface area contributed by atoms with Crippen LogP contribution in [0.15, 0.2) is 23.1 Å². The first-order valence-electron chi connectivity index (χ1n) is 6.72. The van der Waals surface area contributed by atoms with Crippen LogP contribution in [0.25, 0.3) is 0 Å². The third-order valence-electron chi connectivity index (χ3n) is 2.98. The number of rotatable bonds is 8. The predicted molar refractivity (Wildman–Crippen MR) is 81.8 cm³/mol. The molecule has 19 heavy (non-hydrogen) atoms. The van der Waals surface area contributed by atoms with Crippen molar-refractivity contribution in [2.24, 2.45) is 0 Å². The molecule has 1 aromatic carbocycles. The van der Waals surface area contributed by atoms with E-state index in [-0.39, 0.29) is 6.61 Å². The Morgan fingerprint density at radius 3 is 2.74 bits per heavy atom. The van der Waals surface area contributed by atoms with Crippen molar-refractivity contribution in [3.05, 3.63) is 23.8 Å². The zero-order chi connectivity index (χ0) is 14.1. The number of nitrogens with zero attached hydrogens (tertiary/aromatic N) is 2. The highest BCUT2D eigenvalue weighted by atomic mass is 32.2. The van der Waals surface area contributed by atoms with Crippen molar-refractivity contribution in [3.63, 3.8) is 0 Å². The lowest BCUT2D eigenvalue weighted by Crippen LogP contribution is -2.19.